The smallest absolute Gasteiger partial charge is 0.321 e. The molecule has 0 heterocycles. The molecule has 1 N–H and O–H groups in total. The van der Waals surface area contributed by atoms with Crippen LogP contribution in [0.2, 0.25) is 0 Å². The van der Waals surface area contributed by atoms with Gasteiger partial charge >= 0.3 is 5.97 Å². The molecule has 1 unspecified atom stereocenters. The highest BCUT2D eigenvalue weighted by atomic mass is 16.4. The van der Waals surface area contributed by atoms with Gasteiger partial charge in [-0.05, 0) is 18.8 Å². The van der Waals surface area contributed by atoms with Gasteiger partial charge in [0.05, 0.1) is 25.2 Å². The van der Waals surface area contributed by atoms with Crippen molar-refractivity contribution in [1.82, 2.24) is 4.90 Å². The van der Waals surface area contributed by atoms with Crippen LogP contribution in [0.15, 0.2) is 0 Å². The van der Waals surface area contributed by atoms with E-state index in [1.807, 2.05) is 12.1 Å². The van der Waals surface area contributed by atoms with Crippen LogP contribution in [0.4, 0.5) is 0 Å². The average Bonchev–Trinajstić information content (AvgIpc) is 2.89. The van der Waals surface area contributed by atoms with Gasteiger partial charge < -0.3 is 5.11 Å². The first-order valence-electron chi connectivity index (χ1n) is 4.41. The standard InChI is InChI=1S/C9H11N3O2/c10-3-5-12(6-4-11)8(9(13)14)7-1-2-7/h7-8H,1-2,5-6H2,(H,13,14). The Kier molecular flexibility index (Phi) is 3.44. The third-order valence-corrected chi connectivity index (χ3v) is 2.26. The quantitative estimate of drug-likeness (QED) is 0.630. The Labute approximate surface area is 82.2 Å². The molecule has 1 rings (SSSR count). The fourth-order valence-corrected chi connectivity index (χ4v) is 1.50. The summed E-state index contributed by atoms with van der Waals surface area (Å²) in [7, 11) is 0. The molecule has 0 radical (unpaired) electrons. The lowest BCUT2D eigenvalue weighted by molar-refractivity contribution is -0.143. The fourth-order valence-electron chi connectivity index (χ4n) is 1.50. The minimum absolute atomic E-state index is 0.00102. The van der Waals surface area contributed by atoms with E-state index in [9.17, 15) is 4.79 Å². The first-order chi connectivity index (χ1) is 6.70. The number of carbonyl (C=O) groups is 1. The molecule has 1 saturated carbocycles. The van der Waals surface area contributed by atoms with Crippen molar-refractivity contribution in [3.05, 3.63) is 0 Å². The summed E-state index contributed by atoms with van der Waals surface area (Å²) >= 11 is 0. The van der Waals surface area contributed by atoms with Crippen molar-refractivity contribution in [3.63, 3.8) is 0 Å². The molecular formula is C9H11N3O2. The second-order valence-corrected chi connectivity index (χ2v) is 3.34. The average molecular weight is 193 g/mol. The first kappa shape index (κ1) is 10.5. The third-order valence-electron chi connectivity index (χ3n) is 2.26. The van der Waals surface area contributed by atoms with Gasteiger partial charge in [0.25, 0.3) is 0 Å². The first-order valence-corrected chi connectivity index (χ1v) is 4.41. The summed E-state index contributed by atoms with van der Waals surface area (Å²) in [6, 6.07) is 3.11. The van der Waals surface area contributed by atoms with E-state index in [4.69, 9.17) is 15.6 Å². The molecule has 1 atom stereocenters. The van der Waals surface area contributed by atoms with Crippen LogP contribution < -0.4 is 0 Å². The summed E-state index contributed by atoms with van der Waals surface area (Å²) in [6.07, 6.45) is 1.76. The van der Waals surface area contributed by atoms with Gasteiger partial charge in [-0.25, -0.2) is 0 Å². The molecule has 0 amide bonds. The lowest BCUT2D eigenvalue weighted by Crippen LogP contribution is -2.43. The fraction of sp³-hybridized carbons (Fsp3) is 0.667. The molecular weight excluding hydrogens is 182 g/mol. The predicted molar refractivity (Wildman–Crippen MR) is 46.9 cm³/mol. The van der Waals surface area contributed by atoms with Crippen LogP contribution >= 0.6 is 0 Å². The van der Waals surface area contributed by atoms with Crippen LogP contribution in [0.25, 0.3) is 0 Å². The second kappa shape index (κ2) is 4.59. The van der Waals surface area contributed by atoms with E-state index in [0.29, 0.717) is 0 Å². The number of hydrogen-bond donors (Lipinski definition) is 1. The molecule has 0 saturated heterocycles. The third kappa shape index (κ3) is 2.45. The lowest BCUT2D eigenvalue weighted by Gasteiger charge is -2.23. The van der Waals surface area contributed by atoms with Crippen LogP contribution in [0.1, 0.15) is 12.8 Å². The van der Waals surface area contributed by atoms with Crippen molar-refractivity contribution in [1.29, 1.82) is 10.5 Å². The Morgan fingerprint density at radius 1 is 1.43 bits per heavy atom. The molecule has 0 aliphatic heterocycles. The van der Waals surface area contributed by atoms with E-state index >= 15 is 0 Å². The van der Waals surface area contributed by atoms with Gasteiger partial charge in [0.1, 0.15) is 6.04 Å². The number of rotatable bonds is 5. The zero-order valence-corrected chi connectivity index (χ0v) is 7.68. The number of nitrogens with zero attached hydrogens (tertiary/aromatic N) is 3. The summed E-state index contributed by atoms with van der Waals surface area (Å²) in [6.45, 7) is 0.00204. The predicted octanol–water partition coefficient (Wildman–Crippen LogP) is 0.199. The lowest BCUT2D eigenvalue weighted by atomic mass is 10.1. The van der Waals surface area contributed by atoms with E-state index in [-0.39, 0.29) is 19.0 Å². The van der Waals surface area contributed by atoms with E-state index in [1.165, 1.54) is 4.90 Å². The number of hydrogen-bond acceptors (Lipinski definition) is 4. The molecule has 74 valence electrons. The van der Waals surface area contributed by atoms with E-state index < -0.39 is 12.0 Å². The molecule has 14 heavy (non-hydrogen) atoms. The maximum absolute atomic E-state index is 10.9. The molecule has 0 spiro atoms. The highest BCUT2D eigenvalue weighted by Gasteiger charge is 2.40. The summed E-state index contributed by atoms with van der Waals surface area (Å²) in [5.74, 6) is -0.813. The Balaban J connectivity index is 2.67. The van der Waals surface area contributed by atoms with E-state index in [2.05, 4.69) is 0 Å². The summed E-state index contributed by atoms with van der Waals surface area (Å²) in [4.78, 5) is 12.3. The Morgan fingerprint density at radius 2 is 1.93 bits per heavy atom. The van der Waals surface area contributed by atoms with Gasteiger partial charge in [0, 0.05) is 0 Å². The Bertz CT molecular complexity index is 282. The minimum Gasteiger partial charge on any atom is -0.480 e. The van der Waals surface area contributed by atoms with Crippen LogP contribution in [0, 0.1) is 28.6 Å². The van der Waals surface area contributed by atoms with Crippen LogP contribution in [-0.2, 0) is 4.79 Å². The molecule has 0 aromatic heterocycles. The van der Waals surface area contributed by atoms with Gasteiger partial charge in [-0.1, -0.05) is 0 Å². The normalized spacial score (nSPS) is 17.1. The molecule has 1 aliphatic rings. The van der Waals surface area contributed by atoms with Crippen LogP contribution in [0.5, 0.6) is 0 Å². The monoisotopic (exact) mass is 193 g/mol. The van der Waals surface area contributed by atoms with Crippen molar-refractivity contribution in [2.75, 3.05) is 13.1 Å². The molecule has 0 aromatic rings. The maximum Gasteiger partial charge on any atom is 0.321 e. The topological polar surface area (TPSA) is 88.1 Å². The van der Waals surface area contributed by atoms with E-state index in [1.54, 1.807) is 0 Å². The molecule has 5 heteroatoms. The Hall–Kier alpha value is -1.59. The number of carboxylic acid groups (broad SMARTS) is 1. The summed E-state index contributed by atoms with van der Waals surface area (Å²) in [5, 5.41) is 26.0. The number of carboxylic acids is 1. The van der Waals surface area contributed by atoms with Gasteiger partial charge in [0.15, 0.2) is 0 Å². The highest BCUT2D eigenvalue weighted by molar-refractivity contribution is 5.74. The number of nitriles is 2. The largest absolute Gasteiger partial charge is 0.480 e. The minimum atomic E-state index is -0.932. The second-order valence-electron chi connectivity index (χ2n) is 3.34. The van der Waals surface area contributed by atoms with Crippen molar-refractivity contribution in [2.24, 2.45) is 5.92 Å². The van der Waals surface area contributed by atoms with Crippen LogP contribution in [-0.4, -0.2) is 35.1 Å². The highest BCUT2D eigenvalue weighted by Crippen LogP contribution is 2.35. The van der Waals surface area contributed by atoms with Crippen molar-refractivity contribution in [3.8, 4) is 12.1 Å². The Morgan fingerprint density at radius 3 is 2.21 bits per heavy atom. The van der Waals surface area contributed by atoms with Gasteiger partial charge in [-0.15, -0.1) is 0 Å². The molecule has 0 bridgehead atoms. The van der Waals surface area contributed by atoms with Gasteiger partial charge in [-0.3, -0.25) is 9.69 Å². The molecule has 5 nitrogen and oxygen atoms in total. The van der Waals surface area contributed by atoms with Crippen molar-refractivity contribution < 1.29 is 9.90 Å². The summed E-state index contributed by atoms with van der Waals surface area (Å²) < 4.78 is 0. The zero-order valence-electron chi connectivity index (χ0n) is 7.68. The van der Waals surface area contributed by atoms with Crippen molar-refractivity contribution >= 4 is 5.97 Å². The van der Waals surface area contributed by atoms with Crippen LogP contribution in [0.3, 0.4) is 0 Å². The van der Waals surface area contributed by atoms with Gasteiger partial charge in [0.2, 0.25) is 0 Å². The molecule has 1 aliphatic carbocycles. The molecule has 1 fully saturated rings. The number of aliphatic carboxylic acids is 1. The van der Waals surface area contributed by atoms with E-state index in [0.717, 1.165) is 12.8 Å². The maximum atomic E-state index is 10.9. The molecule has 0 aromatic carbocycles. The van der Waals surface area contributed by atoms with Crippen molar-refractivity contribution in [2.45, 2.75) is 18.9 Å². The zero-order chi connectivity index (χ0) is 10.6. The van der Waals surface area contributed by atoms with Gasteiger partial charge in [-0.2, -0.15) is 10.5 Å². The summed E-state index contributed by atoms with van der Waals surface area (Å²) in [5.41, 5.74) is 0. The SMILES string of the molecule is N#CCN(CC#N)C(C(=O)O)C1CC1.